The van der Waals surface area contributed by atoms with Crippen LogP contribution in [0.2, 0.25) is 5.02 Å². The van der Waals surface area contributed by atoms with Crippen molar-refractivity contribution in [3.8, 4) is 5.69 Å². The largest absolute Gasteiger partial charge is 0.351 e. The van der Waals surface area contributed by atoms with Gasteiger partial charge in [-0.05, 0) is 44.6 Å². The van der Waals surface area contributed by atoms with Gasteiger partial charge in [0, 0.05) is 38.1 Å². The molecule has 0 bridgehead atoms. The predicted molar refractivity (Wildman–Crippen MR) is 124 cm³/mol. The second-order valence-corrected chi connectivity index (χ2v) is 9.10. The molecule has 0 aliphatic carbocycles. The molecule has 3 aromatic rings. The first-order valence-corrected chi connectivity index (χ1v) is 11.7. The lowest BCUT2D eigenvalue weighted by atomic mass is 10.3. The molecule has 1 fully saturated rings. The molecule has 4 rings (SSSR count). The van der Waals surface area contributed by atoms with Crippen molar-refractivity contribution in [3.05, 3.63) is 45.9 Å². The highest BCUT2D eigenvalue weighted by molar-refractivity contribution is 7.20. The van der Waals surface area contributed by atoms with E-state index < -0.39 is 0 Å². The molecule has 0 spiro atoms. The van der Waals surface area contributed by atoms with E-state index in [1.165, 1.54) is 11.3 Å². The van der Waals surface area contributed by atoms with Crippen LogP contribution in [0.4, 0.5) is 0 Å². The first-order valence-electron chi connectivity index (χ1n) is 10.5. The number of likely N-dealkylation sites (N-methyl/N-ethyl adjacent to an activating group) is 1. The number of piperazine rings is 1. The van der Waals surface area contributed by atoms with Gasteiger partial charge in [0.1, 0.15) is 4.83 Å². The molecule has 6 nitrogen and oxygen atoms in total. The van der Waals surface area contributed by atoms with Gasteiger partial charge in [-0.2, -0.15) is 5.10 Å². The fraction of sp³-hybridized carbons (Fsp3) is 0.455. The minimum Gasteiger partial charge on any atom is -0.351 e. The Labute approximate surface area is 186 Å². The minimum atomic E-state index is -0.0166. The van der Waals surface area contributed by atoms with Gasteiger partial charge in [-0.3, -0.25) is 4.79 Å². The topological polar surface area (TPSA) is 53.4 Å². The van der Waals surface area contributed by atoms with Gasteiger partial charge >= 0.3 is 0 Å². The van der Waals surface area contributed by atoms with E-state index in [1.807, 2.05) is 41.9 Å². The summed E-state index contributed by atoms with van der Waals surface area (Å²) in [5, 5.41) is 9.34. The fourth-order valence-electron chi connectivity index (χ4n) is 3.87. The summed E-state index contributed by atoms with van der Waals surface area (Å²) in [6, 6.07) is 9.57. The normalized spacial score (nSPS) is 15.7. The lowest BCUT2D eigenvalue weighted by molar-refractivity contribution is 0.0952. The molecule has 1 aliphatic heterocycles. The number of amides is 1. The van der Waals surface area contributed by atoms with Crippen LogP contribution in [-0.2, 0) is 0 Å². The molecular weight excluding hydrogens is 418 g/mol. The van der Waals surface area contributed by atoms with E-state index in [2.05, 4.69) is 27.1 Å². The number of benzene rings is 1. The summed E-state index contributed by atoms with van der Waals surface area (Å²) in [6.07, 6.45) is 0.967. The van der Waals surface area contributed by atoms with E-state index in [0.29, 0.717) is 16.4 Å². The summed E-state index contributed by atoms with van der Waals surface area (Å²) in [5.74, 6) is -0.0166. The van der Waals surface area contributed by atoms with E-state index in [9.17, 15) is 4.79 Å². The molecule has 1 aliphatic rings. The van der Waals surface area contributed by atoms with Gasteiger partial charge in [-0.15, -0.1) is 11.3 Å². The van der Waals surface area contributed by atoms with Gasteiger partial charge in [-0.25, -0.2) is 4.68 Å². The third kappa shape index (κ3) is 4.54. The quantitative estimate of drug-likeness (QED) is 0.562. The monoisotopic (exact) mass is 445 g/mol. The summed E-state index contributed by atoms with van der Waals surface area (Å²) < 4.78 is 1.84. The predicted octanol–water partition coefficient (Wildman–Crippen LogP) is 3.81. The number of para-hydroxylation sites is 1. The summed E-state index contributed by atoms with van der Waals surface area (Å²) in [4.78, 5) is 19.3. The van der Waals surface area contributed by atoms with Crippen LogP contribution in [0.5, 0.6) is 0 Å². The number of rotatable bonds is 7. The SMILES string of the molecule is CCN1CCN(CCCNC(=O)c2cc3c(C)nn(-c4ccccc4Cl)c3s2)CC1. The molecular formula is C22H28ClN5OS. The minimum absolute atomic E-state index is 0.0166. The maximum absolute atomic E-state index is 12.7. The highest BCUT2D eigenvalue weighted by Crippen LogP contribution is 2.32. The summed E-state index contributed by atoms with van der Waals surface area (Å²) in [7, 11) is 0. The molecule has 3 heterocycles. The summed E-state index contributed by atoms with van der Waals surface area (Å²) in [5.41, 5.74) is 1.72. The van der Waals surface area contributed by atoms with Crippen molar-refractivity contribution in [1.29, 1.82) is 0 Å². The molecule has 0 saturated carbocycles. The van der Waals surface area contributed by atoms with Crippen molar-refractivity contribution in [2.24, 2.45) is 0 Å². The Morgan fingerprint density at radius 3 is 2.67 bits per heavy atom. The van der Waals surface area contributed by atoms with Crippen LogP contribution in [0.1, 0.15) is 28.7 Å². The molecule has 1 aromatic carbocycles. The average molecular weight is 446 g/mol. The van der Waals surface area contributed by atoms with Crippen molar-refractivity contribution in [2.75, 3.05) is 45.8 Å². The smallest absolute Gasteiger partial charge is 0.261 e. The van der Waals surface area contributed by atoms with Crippen LogP contribution in [-0.4, -0.2) is 71.3 Å². The number of carbonyl (C=O) groups is 1. The second-order valence-electron chi connectivity index (χ2n) is 7.66. The van der Waals surface area contributed by atoms with E-state index >= 15 is 0 Å². The zero-order chi connectivity index (χ0) is 21.1. The van der Waals surface area contributed by atoms with Gasteiger partial charge in [0.05, 0.1) is 21.3 Å². The number of carbonyl (C=O) groups excluding carboxylic acids is 1. The van der Waals surface area contributed by atoms with Crippen LogP contribution < -0.4 is 5.32 Å². The number of fused-ring (bicyclic) bond motifs is 1. The van der Waals surface area contributed by atoms with Gasteiger partial charge in [0.15, 0.2) is 0 Å². The number of halogens is 1. The molecule has 30 heavy (non-hydrogen) atoms. The number of aromatic nitrogens is 2. The zero-order valence-electron chi connectivity index (χ0n) is 17.5. The lowest BCUT2D eigenvalue weighted by Gasteiger charge is -2.33. The van der Waals surface area contributed by atoms with Gasteiger partial charge in [-0.1, -0.05) is 30.7 Å². The molecule has 8 heteroatoms. The number of hydrogen-bond acceptors (Lipinski definition) is 5. The molecule has 0 unspecified atom stereocenters. The standard InChI is InChI=1S/C22H28ClN5OS/c1-3-26-11-13-27(14-12-26)10-6-9-24-21(29)20-15-17-16(2)25-28(22(17)30-20)19-8-5-4-7-18(19)23/h4-5,7-8,15H,3,6,9-14H2,1-2H3,(H,24,29). The van der Waals surface area contributed by atoms with Gasteiger partial charge < -0.3 is 15.1 Å². The van der Waals surface area contributed by atoms with Crippen LogP contribution in [0.3, 0.4) is 0 Å². The molecule has 1 amide bonds. The van der Waals surface area contributed by atoms with Crippen molar-refractivity contribution < 1.29 is 4.79 Å². The summed E-state index contributed by atoms with van der Waals surface area (Å²) in [6.45, 7) is 11.6. The van der Waals surface area contributed by atoms with E-state index in [4.69, 9.17) is 11.6 Å². The molecule has 0 atom stereocenters. The Bertz CT molecular complexity index is 1020. The fourth-order valence-corrected chi connectivity index (χ4v) is 5.17. The molecule has 160 valence electrons. The zero-order valence-corrected chi connectivity index (χ0v) is 19.1. The molecule has 1 N–H and O–H groups in total. The van der Waals surface area contributed by atoms with Crippen LogP contribution in [0.25, 0.3) is 15.9 Å². The second kappa shape index (κ2) is 9.47. The Balaban J connectivity index is 1.36. The van der Waals surface area contributed by atoms with Crippen molar-refractivity contribution in [2.45, 2.75) is 20.3 Å². The average Bonchev–Trinajstić information content (AvgIpc) is 3.33. The molecule has 2 aromatic heterocycles. The molecule has 0 radical (unpaired) electrons. The third-order valence-electron chi connectivity index (χ3n) is 5.70. The summed E-state index contributed by atoms with van der Waals surface area (Å²) >= 11 is 7.82. The first kappa shape index (κ1) is 21.3. The maximum Gasteiger partial charge on any atom is 0.261 e. The maximum atomic E-state index is 12.7. The Hall–Kier alpha value is -1.93. The Morgan fingerprint density at radius 2 is 1.93 bits per heavy atom. The van der Waals surface area contributed by atoms with E-state index in [-0.39, 0.29) is 5.91 Å². The van der Waals surface area contributed by atoms with E-state index in [0.717, 1.165) is 67.3 Å². The molecule has 1 saturated heterocycles. The van der Waals surface area contributed by atoms with Gasteiger partial charge in [0.25, 0.3) is 5.91 Å². The van der Waals surface area contributed by atoms with Crippen molar-refractivity contribution >= 4 is 39.1 Å². The number of hydrogen-bond donors (Lipinski definition) is 1. The lowest BCUT2D eigenvalue weighted by Crippen LogP contribution is -2.46. The van der Waals surface area contributed by atoms with E-state index in [1.54, 1.807) is 0 Å². The highest BCUT2D eigenvalue weighted by Gasteiger charge is 2.18. The first-order chi connectivity index (χ1) is 14.6. The van der Waals surface area contributed by atoms with Crippen molar-refractivity contribution in [1.82, 2.24) is 24.9 Å². The van der Waals surface area contributed by atoms with Crippen LogP contribution in [0.15, 0.2) is 30.3 Å². The van der Waals surface area contributed by atoms with Crippen molar-refractivity contribution in [3.63, 3.8) is 0 Å². The van der Waals surface area contributed by atoms with Crippen LogP contribution in [0, 0.1) is 6.92 Å². The number of nitrogens with zero attached hydrogens (tertiary/aromatic N) is 4. The highest BCUT2D eigenvalue weighted by atomic mass is 35.5. The van der Waals surface area contributed by atoms with Crippen LogP contribution >= 0.6 is 22.9 Å². The number of aryl methyl sites for hydroxylation is 1. The third-order valence-corrected chi connectivity index (χ3v) is 7.13. The van der Waals surface area contributed by atoms with Gasteiger partial charge in [0.2, 0.25) is 0 Å². The number of nitrogens with one attached hydrogen (secondary N) is 1. The Kier molecular flexibility index (Phi) is 6.73. The number of thiophene rings is 1. The Morgan fingerprint density at radius 1 is 1.20 bits per heavy atom.